The highest BCUT2D eigenvalue weighted by Crippen LogP contribution is 2.19. The molecule has 2 rings (SSSR count). The van der Waals surface area contributed by atoms with Crippen LogP contribution in [0.25, 0.3) is 0 Å². The molecule has 4 nitrogen and oxygen atoms in total. The molecule has 2 N–H and O–H groups in total. The lowest BCUT2D eigenvalue weighted by atomic mass is 10.2. The highest BCUT2D eigenvalue weighted by Gasteiger charge is 2.21. The van der Waals surface area contributed by atoms with E-state index in [9.17, 15) is 13.5 Å². The van der Waals surface area contributed by atoms with Crippen LogP contribution in [-0.2, 0) is 9.84 Å². The Morgan fingerprint density at radius 2 is 2.20 bits per heavy atom. The highest BCUT2D eigenvalue weighted by molar-refractivity contribution is 7.94. The Kier molecular flexibility index (Phi) is 2.40. The normalized spacial score (nSPS) is 22.8. The maximum absolute atomic E-state index is 11.1. The predicted octanol–water partition coefficient (Wildman–Crippen LogP) is 1.11. The second-order valence-electron chi connectivity index (χ2n) is 3.46. The van der Waals surface area contributed by atoms with Crippen molar-refractivity contribution in [1.29, 1.82) is 0 Å². The molecule has 0 radical (unpaired) electrons. The van der Waals surface area contributed by atoms with Gasteiger partial charge in [0, 0.05) is 17.2 Å². The van der Waals surface area contributed by atoms with E-state index >= 15 is 0 Å². The number of rotatable bonds is 2. The summed E-state index contributed by atoms with van der Waals surface area (Å²) in [7, 11) is -3.03. The van der Waals surface area contributed by atoms with E-state index in [0.29, 0.717) is 5.69 Å². The monoisotopic (exact) mass is 225 g/mol. The van der Waals surface area contributed by atoms with Gasteiger partial charge in [-0.1, -0.05) is 12.1 Å². The molecule has 1 aliphatic rings. The van der Waals surface area contributed by atoms with Crippen LogP contribution in [0.2, 0.25) is 0 Å². The molecular weight excluding hydrogens is 214 g/mol. The summed E-state index contributed by atoms with van der Waals surface area (Å²) in [6, 6.07) is 6.38. The zero-order valence-electron chi connectivity index (χ0n) is 7.92. The smallest absolute Gasteiger partial charge is 0.173 e. The first-order valence-corrected chi connectivity index (χ1v) is 6.23. The molecule has 0 fully saturated rings. The molecule has 0 aromatic heterocycles. The molecule has 0 saturated carbocycles. The van der Waals surface area contributed by atoms with E-state index in [1.54, 1.807) is 30.3 Å². The van der Waals surface area contributed by atoms with Gasteiger partial charge in [-0.3, -0.25) is 0 Å². The van der Waals surface area contributed by atoms with Gasteiger partial charge in [0.2, 0.25) is 0 Å². The highest BCUT2D eigenvalue weighted by atomic mass is 32.2. The van der Waals surface area contributed by atoms with E-state index < -0.39 is 9.84 Å². The van der Waals surface area contributed by atoms with Crippen molar-refractivity contribution in [2.45, 2.75) is 6.04 Å². The van der Waals surface area contributed by atoms with Gasteiger partial charge in [0.1, 0.15) is 5.75 Å². The number of phenols is 1. The number of nitrogens with one attached hydrogen (secondary N) is 1. The van der Waals surface area contributed by atoms with Crippen molar-refractivity contribution >= 4 is 15.5 Å². The molecule has 0 saturated heterocycles. The summed E-state index contributed by atoms with van der Waals surface area (Å²) >= 11 is 0. The second kappa shape index (κ2) is 3.58. The molecular formula is C10H11NO3S. The lowest BCUT2D eigenvalue weighted by Crippen LogP contribution is -2.20. The maximum Gasteiger partial charge on any atom is 0.173 e. The number of aromatic hydroxyl groups is 1. The van der Waals surface area contributed by atoms with Crippen LogP contribution in [0.5, 0.6) is 5.75 Å². The third-order valence-electron chi connectivity index (χ3n) is 2.13. The molecule has 0 amide bonds. The third kappa shape index (κ3) is 2.50. The minimum absolute atomic E-state index is 0.0721. The fraction of sp³-hybridized carbons (Fsp3) is 0.200. The molecule has 0 unspecified atom stereocenters. The van der Waals surface area contributed by atoms with Crippen LogP contribution >= 0.6 is 0 Å². The summed E-state index contributed by atoms with van der Waals surface area (Å²) in [5.74, 6) is 0.229. The zero-order valence-corrected chi connectivity index (χ0v) is 8.74. The number of hydrogen-bond acceptors (Lipinski definition) is 4. The van der Waals surface area contributed by atoms with E-state index in [0.717, 1.165) is 0 Å². The van der Waals surface area contributed by atoms with Gasteiger partial charge in [-0.05, 0) is 12.1 Å². The number of sulfone groups is 1. The van der Waals surface area contributed by atoms with Gasteiger partial charge in [0.25, 0.3) is 0 Å². The summed E-state index contributed by atoms with van der Waals surface area (Å²) in [6.07, 6.45) is 1.61. The Morgan fingerprint density at radius 3 is 2.80 bits per heavy atom. The van der Waals surface area contributed by atoms with Crippen molar-refractivity contribution in [3.63, 3.8) is 0 Å². The average Bonchev–Trinajstić information content (AvgIpc) is 2.45. The standard InChI is InChI=1S/C10H11NO3S/c12-10-3-1-2-8(6-10)11-9-4-5-15(13,14)7-9/h1-6,9,11-12H,7H2/t9-/m1/s1. The van der Waals surface area contributed by atoms with Gasteiger partial charge in [-0.15, -0.1) is 0 Å². The first kappa shape index (κ1) is 10.0. The number of hydrogen-bond donors (Lipinski definition) is 2. The number of anilines is 1. The second-order valence-corrected chi connectivity index (χ2v) is 5.39. The lowest BCUT2D eigenvalue weighted by Gasteiger charge is -2.11. The number of phenolic OH excluding ortho intramolecular Hbond substituents is 1. The Balaban J connectivity index is 2.09. The molecule has 80 valence electrons. The van der Waals surface area contributed by atoms with Crippen molar-refractivity contribution in [3.8, 4) is 5.75 Å². The Hall–Kier alpha value is -1.49. The van der Waals surface area contributed by atoms with Crippen LogP contribution < -0.4 is 5.32 Å². The molecule has 1 heterocycles. The minimum atomic E-state index is -3.03. The van der Waals surface area contributed by atoms with Crippen LogP contribution in [0, 0.1) is 0 Å². The van der Waals surface area contributed by atoms with Gasteiger partial charge >= 0.3 is 0 Å². The fourth-order valence-corrected chi connectivity index (χ4v) is 2.71. The van der Waals surface area contributed by atoms with E-state index in [4.69, 9.17) is 0 Å². The summed E-state index contributed by atoms with van der Waals surface area (Å²) in [4.78, 5) is 0. The van der Waals surface area contributed by atoms with E-state index in [1.807, 2.05) is 0 Å². The maximum atomic E-state index is 11.1. The zero-order chi connectivity index (χ0) is 10.9. The van der Waals surface area contributed by atoms with Gasteiger partial charge in [0.05, 0.1) is 11.8 Å². The molecule has 0 bridgehead atoms. The summed E-state index contributed by atoms with van der Waals surface area (Å²) in [5.41, 5.74) is 0.710. The quantitative estimate of drug-likeness (QED) is 0.791. The minimum Gasteiger partial charge on any atom is -0.508 e. The number of benzene rings is 1. The molecule has 5 heteroatoms. The van der Waals surface area contributed by atoms with Crippen molar-refractivity contribution in [3.05, 3.63) is 35.7 Å². The average molecular weight is 225 g/mol. The molecule has 0 aliphatic carbocycles. The van der Waals surface area contributed by atoms with Crippen LogP contribution in [0.4, 0.5) is 5.69 Å². The van der Waals surface area contributed by atoms with E-state index in [-0.39, 0.29) is 17.5 Å². The van der Waals surface area contributed by atoms with Gasteiger partial charge in [-0.2, -0.15) is 0 Å². The largest absolute Gasteiger partial charge is 0.508 e. The Morgan fingerprint density at radius 1 is 1.40 bits per heavy atom. The van der Waals surface area contributed by atoms with E-state index in [1.165, 1.54) is 5.41 Å². The molecule has 0 spiro atoms. The molecule has 1 aromatic carbocycles. The Labute approximate surface area is 88.2 Å². The first-order chi connectivity index (χ1) is 7.05. The van der Waals surface area contributed by atoms with Crippen LogP contribution in [0.15, 0.2) is 35.7 Å². The van der Waals surface area contributed by atoms with Crippen LogP contribution in [0.3, 0.4) is 0 Å². The van der Waals surface area contributed by atoms with Crippen molar-refractivity contribution in [2.24, 2.45) is 0 Å². The van der Waals surface area contributed by atoms with Gasteiger partial charge in [-0.25, -0.2) is 8.42 Å². The first-order valence-electron chi connectivity index (χ1n) is 4.52. The van der Waals surface area contributed by atoms with Crippen molar-refractivity contribution < 1.29 is 13.5 Å². The summed E-state index contributed by atoms with van der Waals surface area (Å²) in [5, 5.41) is 13.4. The van der Waals surface area contributed by atoms with E-state index in [2.05, 4.69) is 5.32 Å². The fourth-order valence-electron chi connectivity index (χ4n) is 1.48. The van der Waals surface area contributed by atoms with Gasteiger partial charge < -0.3 is 10.4 Å². The predicted molar refractivity (Wildman–Crippen MR) is 58.4 cm³/mol. The van der Waals surface area contributed by atoms with Crippen LogP contribution in [-0.4, -0.2) is 25.3 Å². The third-order valence-corrected chi connectivity index (χ3v) is 3.52. The van der Waals surface area contributed by atoms with Crippen LogP contribution in [0.1, 0.15) is 0 Å². The topological polar surface area (TPSA) is 66.4 Å². The summed E-state index contributed by atoms with van der Waals surface area (Å²) < 4.78 is 22.2. The molecule has 15 heavy (non-hydrogen) atoms. The lowest BCUT2D eigenvalue weighted by molar-refractivity contribution is 0.475. The summed E-state index contributed by atoms with van der Waals surface area (Å²) in [6.45, 7) is 0. The van der Waals surface area contributed by atoms with Gasteiger partial charge in [0.15, 0.2) is 9.84 Å². The van der Waals surface area contributed by atoms with Crippen molar-refractivity contribution in [2.75, 3.05) is 11.1 Å². The molecule has 1 atom stereocenters. The SMILES string of the molecule is O=S1(=O)C=C[C@@H](Nc2cccc(O)c2)C1. The molecule has 1 aromatic rings. The molecule has 1 aliphatic heterocycles. The Bertz CT molecular complexity index is 493. The van der Waals surface area contributed by atoms with Crippen molar-refractivity contribution in [1.82, 2.24) is 0 Å².